The molecule has 0 aliphatic carbocycles. The number of aromatic nitrogens is 1. The number of urea groups is 1. The Labute approximate surface area is 130 Å². The Morgan fingerprint density at radius 3 is 2.73 bits per heavy atom. The predicted molar refractivity (Wildman–Crippen MR) is 82.5 cm³/mol. The number of hydrogen-bond acceptors (Lipinski definition) is 3. The molecule has 6 nitrogen and oxygen atoms in total. The van der Waals surface area contributed by atoms with E-state index in [1.807, 2.05) is 19.2 Å². The van der Waals surface area contributed by atoms with Crippen molar-refractivity contribution in [3.8, 4) is 0 Å². The number of hydrogen-bond donors (Lipinski definition) is 2. The van der Waals surface area contributed by atoms with Crippen LogP contribution in [0.15, 0.2) is 18.5 Å². The maximum absolute atomic E-state index is 12.3. The van der Waals surface area contributed by atoms with Crippen LogP contribution < -0.4 is 5.32 Å². The molecule has 0 aromatic carbocycles. The SMILES string of the molecule is CCc1cnccc1C(C)NC(=O)N1CCC(C(=O)O)CC1. The number of piperidine rings is 1. The van der Waals surface area contributed by atoms with Gasteiger partial charge in [0.15, 0.2) is 0 Å². The number of amides is 2. The van der Waals surface area contributed by atoms with E-state index in [0.717, 1.165) is 17.5 Å². The van der Waals surface area contributed by atoms with Crippen molar-refractivity contribution >= 4 is 12.0 Å². The number of aryl methyl sites for hydroxylation is 1. The molecule has 0 bridgehead atoms. The third-order valence-electron chi connectivity index (χ3n) is 4.26. The van der Waals surface area contributed by atoms with Gasteiger partial charge in [0.1, 0.15) is 0 Å². The van der Waals surface area contributed by atoms with Gasteiger partial charge in [-0.25, -0.2) is 4.79 Å². The Kier molecular flexibility index (Phi) is 5.35. The Morgan fingerprint density at radius 2 is 2.14 bits per heavy atom. The molecule has 1 unspecified atom stereocenters. The minimum Gasteiger partial charge on any atom is -0.481 e. The Balaban J connectivity index is 1.93. The van der Waals surface area contributed by atoms with Gasteiger partial charge in [-0.15, -0.1) is 0 Å². The second-order valence-corrected chi connectivity index (χ2v) is 5.70. The van der Waals surface area contributed by atoms with Crippen LogP contribution >= 0.6 is 0 Å². The van der Waals surface area contributed by atoms with E-state index in [9.17, 15) is 9.59 Å². The summed E-state index contributed by atoms with van der Waals surface area (Å²) in [6.45, 7) is 5.00. The first-order chi connectivity index (χ1) is 10.5. The summed E-state index contributed by atoms with van der Waals surface area (Å²) in [5.41, 5.74) is 2.20. The van der Waals surface area contributed by atoms with Gasteiger partial charge in [-0.3, -0.25) is 9.78 Å². The molecule has 1 fully saturated rings. The van der Waals surface area contributed by atoms with Crippen LogP contribution in [0.4, 0.5) is 4.79 Å². The fourth-order valence-electron chi connectivity index (χ4n) is 2.84. The van der Waals surface area contributed by atoms with Crippen LogP contribution in [0.25, 0.3) is 0 Å². The lowest BCUT2D eigenvalue weighted by Gasteiger charge is -2.31. The number of nitrogens with zero attached hydrogens (tertiary/aromatic N) is 2. The van der Waals surface area contributed by atoms with E-state index in [1.54, 1.807) is 11.1 Å². The summed E-state index contributed by atoms with van der Waals surface area (Å²) in [4.78, 5) is 29.1. The Morgan fingerprint density at radius 1 is 1.45 bits per heavy atom. The summed E-state index contributed by atoms with van der Waals surface area (Å²) in [5.74, 6) is -1.09. The van der Waals surface area contributed by atoms with E-state index >= 15 is 0 Å². The monoisotopic (exact) mass is 305 g/mol. The third-order valence-corrected chi connectivity index (χ3v) is 4.26. The van der Waals surface area contributed by atoms with Crippen LogP contribution in [0, 0.1) is 5.92 Å². The normalized spacial score (nSPS) is 17.1. The van der Waals surface area contributed by atoms with E-state index in [4.69, 9.17) is 5.11 Å². The number of carbonyl (C=O) groups is 2. The van der Waals surface area contributed by atoms with Crippen molar-refractivity contribution in [2.24, 2.45) is 5.92 Å². The maximum Gasteiger partial charge on any atom is 0.317 e. The van der Waals surface area contributed by atoms with E-state index in [1.165, 1.54) is 0 Å². The molecule has 1 saturated heterocycles. The smallest absolute Gasteiger partial charge is 0.317 e. The zero-order valence-electron chi connectivity index (χ0n) is 13.1. The van der Waals surface area contributed by atoms with Crippen molar-refractivity contribution in [3.63, 3.8) is 0 Å². The molecule has 1 atom stereocenters. The molecule has 1 aromatic rings. The summed E-state index contributed by atoms with van der Waals surface area (Å²) in [5, 5.41) is 12.0. The summed E-state index contributed by atoms with van der Waals surface area (Å²) < 4.78 is 0. The molecule has 1 aliphatic heterocycles. The zero-order chi connectivity index (χ0) is 16.1. The van der Waals surface area contributed by atoms with E-state index in [-0.39, 0.29) is 18.0 Å². The van der Waals surface area contributed by atoms with Crippen molar-refractivity contribution in [1.82, 2.24) is 15.2 Å². The summed E-state index contributed by atoms with van der Waals surface area (Å²) >= 11 is 0. The molecule has 0 saturated carbocycles. The van der Waals surface area contributed by atoms with E-state index < -0.39 is 5.97 Å². The second kappa shape index (κ2) is 7.24. The van der Waals surface area contributed by atoms with Gasteiger partial charge < -0.3 is 15.3 Å². The van der Waals surface area contributed by atoms with Crippen molar-refractivity contribution < 1.29 is 14.7 Å². The summed E-state index contributed by atoms with van der Waals surface area (Å²) in [6.07, 6.45) is 5.47. The first kappa shape index (κ1) is 16.3. The van der Waals surface area contributed by atoms with Crippen LogP contribution in [0.5, 0.6) is 0 Å². The maximum atomic E-state index is 12.3. The third kappa shape index (κ3) is 3.75. The molecule has 22 heavy (non-hydrogen) atoms. The molecule has 2 amide bonds. The molecular weight excluding hydrogens is 282 g/mol. The van der Waals surface area contributed by atoms with Crippen molar-refractivity contribution in [1.29, 1.82) is 0 Å². The molecule has 2 rings (SSSR count). The first-order valence-electron chi connectivity index (χ1n) is 7.74. The number of rotatable bonds is 4. The van der Waals surface area contributed by atoms with Crippen molar-refractivity contribution in [2.45, 2.75) is 39.2 Å². The minimum atomic E-state index is -0.766. The zero-order valence-corrected chi connectivity index (χ0v) is 13.1. The number of aliphatic carboxylic acids is 1. The lowest BCUT2D eigenvalue weighted by Crippen LogP contribution is -2.46. The number of likely N-dealkylation sites (tertiary alicyclic amines) is 1. The van der Waals surface area contributed by atoms with Crippen LogP contribution in [0.1, 0.15) is 43.9 Å². The van der Waals surface area contributed by atoms with Gasteiger partial charge in [0.25, 0.3) is 0 Å². The van der Waals surface area contributed by atoms with E-state index in [2.05, 4.69) is 17.2 Å². The van der Waals surface area contributed by atoms with E-state index in [0.29, 0.717) is 25.9 Å². The van der Waals surface area contributed by atoms with Gasteiger partial charge in [0.05, 0.1) is 12.0 Å². The highest BCUT2D eigenvalue weighted by molar-refractivity contribution is 5.75. The predicted octanol–water partition coefficient (Wildman–Crippen LogP) is 2.21. The van der Waals surface area contributed by atoms with Crippen molar-refractivity contribution in [3.05, 3.63) is 29.6 Å². The molecular formula is C16H23N3O3. The lowest BCUT2D eigenvalue weighted by atomic mass is 9.97. The molecule has 1 aromatic heterocycles. The van der Waals surface area contributed by atoms with Gasteiger partial charge in [0, 0.05) is 25.5 Å². The number of carboxylic acid groups (broad SMARTS) is 1. The largest absolute Gasteiger partial charge is 0.481 e. The average molecular weight is 305 g/mol. The molecule has 0 radical (unpaired) electrons. The van der Waals surface area contributed by atoms with Crippen LogP contribution in [-0.2, 0) is 11.2 Å². The quantitative estimate of drug-likeness (QED) is 0.893. The molecule has 0 spiro atoms. The number of carboxylic acids is 1. The highest BCUT2D eigenvalue weighted by Gasteiger charge is 2.27. The molecule has 6 heteroatoms. The van der Waals surface area contributed by atoms with Gasteiger partial charge in [-0.05, 0) is 43.4 Å². The highest BCUT2D eigenvalue weighted by Crippen LogP contribution is 2.20. The Hall–Kier alpha value is -2.11. The number of nitrogens with one attached hydrogen (secondary N) is 1. The minimum absolute atomic E-state index is 0.0948. The number of carbonyl (C=O) groups excluding carboxylic acids is 1. The summed E-state index contributed by atoms with van der Waals surface area (Å²) in [7, 11) is 0. The van der Waals surface area contributed by atoms with Gasteiger partial charge in [0.2, 0.25) is 0 Å². The second-order valence-electron chi connectivity index (χ2n) is 5.70. The fraction of sp³-hybridized carbons (Fsp3) is 0.562. The molecule has 2 heterocycles. The van der Waals surface area contributed by atoms with Gasteiger partial charge in [-0.2, -0.15) is 0 Å². The lowest BCUT2D eigenvalue weighted by molar-refractivity contribution is -0.143. The van der Waals surface area contributed by atoms with Crippen LogP contribution in [0.3, 0.4) is 0 Å². The number of pyridine rings is 1. The topological polar surface area (TPSA) is 82.5 Å². The molecule has 1 aliphatic rings. The van der Waals surface area contributed by atoms with Crippen molar-refractivity contribution in [2.75, 3.05) is 13.1 Å². The molecule has 2 N–H and O–H groups in total. The average Bonchev–Trinajstić information content (AvgIpc) is 2.54. The van der Waals surface area contributed by atoms with Crippen LogP contribution in [-0.4, -0.2) is 40.1 Å². The summed E-state index contributed by atoms with van der Waals surface area (Å²) in [6, 6.07) is 1.71. The standard InChI is InChI=1S/C16H23N3O3/c1-3-12-10-17-7-4-14(12)11(2)18-16(22)19-8-5-13(6-9-19)15(20)21/h4,7,10-11,13H,3,5-6,8-9H2,1-2H3,(H,18,22)(H,20,21). The fourth-order valence-corrected chi connectivity index (χ4v) is 2.84. The Bertz CT molecular complexity index is 539. The van der Waals surface area contributed by atoms with Gasteiger partial charge in [-0.1, -0.05) is 6.92 Å². The highest BCUT2D eigenvalue weighted by atomic mass is 16.4. The molecule has 120 valence electrons. The first-order valence-corrected chi connectivity index (χ1v) is 7.74. The van der Waals surface area contributed by atoms with Crippen LogP contribution in [0.2, 0.25) is 0 Å². The van der Waals surface area contributed by atoms with Gasteiger partial charge >= 0.3 is 12.0 Å².